The summed E-state index contributed by atoms with van der Waals surface area (Å²) in [6.07, 6.45) is 3.34. The Kier molecular flexibility index (Phi) is 6.98. The first kappa shape index (κ1) is 18.7. The normalized spacial score (nSPS) is 18.6. The molecule has 1 aliphatic heterocycles. The summed E-state index contributed by atoms with van der Waals surface area (Å²) in [5.74, 6) is 0.389. The van der Waals surface area contributed by atoms with Gasteiger partial charge < -0.3 is 9.64 Å². The molecule has 4 heteroatoms. The largest absolute Gasteiger partial charge is 0.462 e. The van der Waals surface area contributed by atoms with Gasteiger partial charge in [0, 0.05) is 25.4 Å². The lowest BCUT2D eigenvalue weighted by Gasteiger charge is -2.35. The Labute approximate surface area is 145 Å². The predicted molar refractivity (Wildman–Crippen MR) is 95.2 cm³/mol. The molecule has 0 spiro atoms. The number of carbonyl (C=O) groups excluding carboxylic acids is 2. The minimum Gasteiger partial charge on any atom is -0.462 e. The van der Waals surface area contributed by atoms with Gasteiger partial charge in [0.1, 0.15) is 5.78 Å². The highest BCUT2D eigenvalue weighted by molar-refractivity contribution is 5.90. The molecule has 0 aromatic heterocycles. The van der Waals surface area contributed by atoms with Gasteiger partial charge in [-0.05, 0) is 63.8 Å². The van der Waals surface area contributed by atoms with E-state index in [0.717, 1.165) is 25.1 Å². The third kappa shape index (κ3) is 5.45. The third-order valence-electron chi connectivity index (χ3n) is 4.64. The van der Waals surface area contributed by atoms with E-state index in [4.69, 9.17) is 4.74 Å². The van der Waals surface area contributed by atoms with Crippen LogP contribution in [-0.2, 0) is 16.0 Å². The molecule has 1 fully saturated rings. The number of nitrogens with zero attached hydrogens (tertiary/aromatic N) is 1. The topological polar surface area (TPSA) is 46.6 Å². The summed E-state index contributed by atoms with van der Waals surface area (Å²) in [7, 11) is 0. The van der Waals surface area contributed by atoms with Crippen LogP contribution in [0.15, 0.2) is 24.3 Å². The predicted octanol–water partition coefficient (Wildman–Crippen LogP) is 3.49. The standard InChI is InChI=1S/C20H29NO3/c1-4-24-20(23)18-9-5-7-16(11-18)12-19(22)13-17-8-6-10-21(14-17)15(2)3/h5,7,9,11,15,17H,4,6,8,10,12-14H2,1-3H3/t17-/m0/s1. The molecule has 1 aromatic carbocycles. The lowest BCUT2D eigenvalue weighted by molar-refractivity contribution is -0.119. The number of ether oxygens (including phenoxy) is 1. The molecule has 0 aliphatic carbocycles. The minimum atomic E-state index is -0.327. The Morgan fingerprint density at radius 3 is 2.83 bits per heavy atom. The van der Waals surface area contributed by atoms with Crippen molar-refractivity contribution < 1.29 is 14.3 Å². The zero-order chi connectivity index (χ0) is 17.5. The van der Waals surface area contributed by atoms with Crippen LogP contribution in [0.4, 0.5) is 0 Å². The smallest absolute Gasteiger partial charge is 0.338 e. The second-order valence-electron chi connectivity index (χ2n) is 6.94. The summed E-state index contributed by atoms with van der Waals surface area (Å²) >= 11 is 0. The van der Waals surface area contributed by atoms with Crippen molar-refractivity contribution in [2.75, 3.05) is 19.7 Å². The number of esters is 1. The summed E-state index contributed by atoms with van der Waals surface area (Å²) in [6.45, 7) is 8.73. The van der Waals surface area contributed by atoms with E-state index in [-0.39, 0.29) is 11.8 Å². The Bertz CT molecular complexity index is 568. The van der Waals surface area contributed by atoms with Gasteiger partial charge in [0.25, 0.3) is 0 Å². The Morgan fingerprint density at radius 2 is 2.12 bits per heavy atom. The van der Waals surface area contributed by atoms with Gasteiger partial charge in [-0.3, -0.25) is 4.79 Å². The number of ketones is 1. The number of hydrogen-bond acceptors (Lipinski definition) is 4. The molecule has 0 saturated carbocycles. The van der Waals surface area contributed by atoms with Crippen LogP contribution in [0.1, 0.15) is 56.0 Å². The maximum absolute atomic E-state index is 12.4. The second kappa shape index (κ2) is 8.97. The third-order valence-corrected chi connectivity index (χ3v) is 4.64. The van der Waals surface area contributed by atoms with E-state index >= 15 is 0 Å². The van der Waals surface area contributed by atoms with E-state index < -0.39 is 0 Å². The van der Waals surface area contributed by atoms with Crippen LogP contribution in [0, 0.1) is 5.92 Å². The van der Waals surface area contributed by atoms with E-state index in [2.05, 4.69) is 18.7 Å². The lowest BCUT2D eigenvalue weighted by Crippen LogP contribution is -2.40. The highest BCUT2D eigenvalue weighted by Crippen LogP contribution is 2.22. The van der Waals surface area contributed by atoms with Crippen molar-refractivity contribution >= 4 is 11.8 Å². The minimum absolute atomic E-state index is 0.256. The summed E-state index contributed by atoms with van der Waals surface area (Å²) in [5, 5.41) is 0. The monoisotopic (exact) mass is 331 g/mol. The fraction of sp³-hybridized carbons (Fsp3) is 0.600. The first-order valence-corrected chi connectivity index (χ1v) is 9.01. The molecule has 1 aliphatic rings. The van der Waals surface area contributed by atoms with Crippen LogP contribution in [-0.4, -0.2) is 42.4 Å². The highest BCUT2D eigenvalue weighted by atomic mass is 16.5. The zero-order valence-corrected chi connectivity index (χ0v) is 15.1. The van der Waals surface area contributed by atoms with Crippen molar-refractivity contribution in [3.05, 3.63) is 35.4 Å². The number of likely N-dealkylation sites (tertiary alicyclic amines) is 1. The zero-order valence-electron chi connectivity index (χ0n) is 15.1. The van der Waals surface area contributed by atoms with Gasteiger partial charge in [-0.1, -0.05) is 12.1 Å². The van der Waals surface area contributed by atoms with Crippen LogP contribution >= 0.6 is 0 Å². The maximum atomic E-state index is 12.4. The quantitative estimate of drug-likeness (QED) is 0.718. The molecule has 24 heavy (non-hydrogen) atoms. The van der Waals surface area contributed by atoms with Crippen LogP contribution in [0.25, 0.3) is 0 Å². The van der Waals surface area contributed by atoms with Crippen LogP contribution in [0.2, 0.25) is 0 Å². The van der Waals surface area contributed by atoms with Crippen molar-refractivity contribution in [1.29, 1.82) is 0 Å². The molecule has 0 unspecified atom stereocenters. The van der Waals surface area contributed by atoms with Gasteiger partial charge in [-0.25, -0.2) is 4.79 Å². The molecule has 4 nitrogen and oxygen atoms in total. The van der Waals surface area contributed by atoms with Crippen LogP contribution in [0.5, 0.6) is 0 Å². The molecule has 132 valence electrons. The van der Waals surface area contributed by atoms with Gasteiger partial charge in [0.2, 0.25) is 0 Å². The van der Waals surface area contributed by atoms with Gasteiger partial charge in [0.05, 0.1) is 12.2 Å². The van der Waals surface area contributed by atoms with Crippen LogP contribution < -0.4 is 0 Å². The fourth-order valence-electron chi connectivity index (χ4n) is 3.38. The molecule has 0 bridgehead atoms. The molecule has 0 radical (unpaired) electrons. The molecule has 2 rings (SSSR count). The Hall–Kier alpha value is -1.68. The van der Waals surface area contributed by atoms with Crippen molar-refractivity contribution in [1.82, 2.24) is 4.90 Å². The summed E-state index contributed by atoms with van der Waals surface area (Å²) in [5.41, 5.74) is 1.41. The summed E-state index contributed by atoms with van der Waals surface area (Å²) in [6, 6.07) is 7.77. The number of piperidine rings is 1. The van der Waals surface area contributed by atoms with E-state index in [9.17, 15) is 9.59 Å². The number of hydrogen-bond donors (Lipinski definition) is 0. The van der Waals surface area contributed by atoms with E-state index in [1.807, 2.05) is 12.1 Å². The molecule has 1 aromatic rings. The molecule has 1 atom stereocenters. The van der Waals surface area contributed by atoms with Gasteiger partial charge in [-0.2, -0.15) is 0 Å². The summed E-state index contributed by atoms with van der Waals surface area (Å²) < 4.78 is 5.01. The first-order chi connectivity index (χ1) is 11.5. The molecule has 0 N–H and O–H groups in total. The van der Waals surface area contributed by atoms with Gasteiger partial charge in [-0.15, -0.1) is 0 Å². The maximum Gasteiger partial charge on any atom is 0.338 e. The Morgan fingerprint density at radius 1 is 1.33 bits per heavy atom. The van der Waals surface area contributed by atoms with Gasteiger partial charge >= 0.3 is 5.97 Å². The number of Topliss-reactive ketones (excluding diaryl/α,β-unsaturated/α-hetero) is 1. The van der Waals surface area contributed by atoms with Crippen molar-refractivity contribution in [2.24, 2.45) is 5.92 Å². The average molecular weight is 331 g/mol. The van der Waals surface area contributed by atoms with Crippen molar-refractivity contribution in [2.45, 2.75) is 52.5 Å². The fourth-order valence-corrected chi connectivity index (χ4v) is 3.38. The number of benzene rings is 1. The summed E-state index contributed by atoms with van der Waals surface area (Å²) in [4.78, 5) is 26.7. The lowest BCUT2D eigenvalue weighted by atomic mass is 9.90. The van der Waals surface area contributed by atoms with Gasteiger partial charge in [0.15, 0.2) is 0 Å². The van der Waals surface area contributed by atoms with E-state index in [0.29, 0.717) is 37.0 Å². The average Bonchev–Trinajstić information content (AvgIpc) is 2.55. The molecule has 1 saturated heterocycles. The molecule has 0 amide bonds. The molecular formula is C20H29NO3. The Balaban J connectivity index is 1.90. The van der Waals surface area contributed by atoms with Crippen molar-refractivity contribution in [3.8, 4) is 0 Å². The van der Waals surface area contributed by atoms with E-state index in [1.165, 1.54) is 6.42 Å². The second-order valence-corrected chi connectivity index (χ2v) is 6.94. The first-order valence-electron chi connectivity index (χ1n) is 9.01. The highest BCUT2D eigenvalue weighted by Gasteiger charge is 2.23. The van der Waals surface area contributed by atoms with Crippen LogP contribution in [0.3, 0.4) is 0 Å². The SMILES string of the molecule is CCOC(=O)c1cccc(CC(=O)C[C@@H]2CCCN(C(C)C)C2)c1. The number of carbonyl (C=O) groups is 2. The van der Waals surface area contributed by atoms with Crippen molar-refractivity contribution in [3.63, 3.8) is 0 Å². The molecule has 1 heterocycles. The van der Waals surface area contributed by atoms with E-state index in [1.54, 1.807) is 19.1 Å². The molecular weight excluding hydrogens is 302 g/mol. The number of rotatable bonds is 7.